The smallest absolute Gasteiger partial charge is 0.157 e. The van der Waals surface area contributed by atoms with E-state index in [1.807, 2.05) is 6.08 Å². The highest BCUT2D eigenvalue weighted by molar-refractivity contribution is 5.92. The van der Waals surface area contributed by atoms with Gasteiger partial charge in [-0.15, -0.1) is 0 Å². The molecule has 1 rings (SSSR count). The molecule has 0 aromatic carbocycles. The number of nitrogens with zero attached hydrogens (tertiary/aromatic N) is 2. The summed E-state index contributed by atoms with van der Waals surface area (Å²) in [6, 6.07) is 0. The maximum absolute atomic E-state index is 11.2. The van der Waals surface area contributed by atoms with E-state index < -0.39 is 0 Å². The first kappa shape index (κ1) is 14.2. The highest BCUT2D eigenvalue weighted by Gasteiger charge is 2.16. The van der Waals surface area contributed by atoms with Crippen LogP contribution in [0.4, 0.5) is 0 Å². The van der Waals surface area contributed by atoms with Crippen LogP contribution >= 0.6 is 0 Å². The molecule has 0 saturated carbocycles. The second-order valence-corrected chi connectivity index (χ2v) is 4.56. The first-order chi connectivity index (χ1) is 8.21. The van der Waals surface area contributed by atoms with E-state index in [9.17, 15) is 4.79 Å². The molecule has 0 fully saturated rings. The van der Waals surface area contributed by atoms with Crippen LogP contribution in [0.15, 0.2) is 11.8 Å². The van der Waals surface area contributed by atoms with E-state index in [1.165, 1.54) is 12.1 Å². The Bertz CT molecular complexity index is 269. The predicted molar refractivity (Wildman–Crippen MR) is 72.0 cm³/mol. The minimum Gasteiger partial charge on any atom is -0.375 e. The molecular formula is C14H26N2O. The lowest BCUT2D eigenvalue weighted by Gasteiger charge is -2.26. The lowest BCUT2D eigenvalue weighted by atomic mass is 10.2. The number of hydrogen-bond donors (Lipinski definition) is 0. The molecule has 0 saturated heterocycles. The summed E-state index contributed by atoms with van der Waals surface area (Å²) in [5.41, 5.74) is 1.25. The van der Waals surface area contributed by atoms with Crippen molar-refractivity contribution in [1.29, 1.82) is 0 Å². The van der Waals surface area contributed by atoms with Gasteiger partial charge in [0.2, 0.25) is 0 Å². The average Bonchev–Trinajstić information content (AvgIpc) is 2.76. The molecule has 1 aliphatic rings. The summed E-state index contributed by atoms with van der Waals surface area (Å²) in [7, 11) is 0. The van der Waals surface area contributed by atoms with Crippen molar-refractivity contribution in [2.45, 2.75) is 40.0 Å². The molecule has 0 radical (unpaired) electrons. The fraction of sp³-hybridized carbons (Fsp3) is 0.786. The Labute approximate surface area is 105 Å². The Morgan fingerprint density at radius 3 is 2.24 bits per heavy atom. The Morgan fingerprint density at radius 1 is 1.06 bits per heavy atom. The van der Waals surface area contributed by atoms with Gasteiger partial charge >= 0.3 is 0 Å². The van der Waals surface area contributed by atoms with Gasteiger partial charge in [0.25, 0.3) is 0 Å². The van der Waals surface area contributed by atoms with Crippen LogP contribution in [0, 0.1) is 0 Å². The predicted octanol–water partition coefficient (Wildman–Crippen LogP) is 2.29. The topological polar surface area (TPSA) is 23.6 Å². The van der Waals surface area contributed by atoms with Crippen molar-refractivity contribution < 1.29 is 4.79 Å². The zero-order valence-electron chi connectivity index (χ0n) is 11.5. The van der Waals surface area contributed by atoms with Crippen LogP contribution in [0.3, 0.4) is 0 Å². The second-order valence-electron chi connectivity index (χ2n) is 4.56. The number of carbonyl (C=O) groups excluding carboxylic acids is 1. The second kappa shape index (κ2) is 7.49. The molecule has 0 aromatic heterocycles. The molecule has 1 aliphatic carbocycles. The van der Waals surface area contributed by atoms with Gasteiger partial charge in [-0.1, -0.05) is 13.8 Å². The van der Waals surface area contributed by atoms with Gasteiger partial charge in [0.05, 0.1) is 0 Å². The van der Waals surface area contributed by atoms with Crippen LogP contribution in [0.1, 0.15) is 40.0 Å². The third-order valence-electron chi connectivity index (χ3n) is 3.54. The summed E-state index contributed by atoms with van der Waals surface area (Å²) < 4.78 is 0. The Balaban J connectivity index is 2.33. The van der Waals surface area contributed by atoms with Gasteiger partial charge < -0.3 is 9.80 Å². The Morgan fingerprint density at radius 2 is 1.76 bits per heavy atom. The molecule has 0 amide bonds. The molecule has 0 unspecified atom stereocenters. The summed E-state index contributed by atoms with van der Waals surface area (Å²) in [4.78, 5) is 16.0. The minimum atomic E-state index is 0.294. The number of ketones is 1. The van der Waals surface area contributed by atoms with Crippen LogP contribution in [0.5, 0.6) is 0 Å². The highest BCUT2D eigenvalue weighted by atomic mass is 16.1. The van der Waals surface area contributed by atoms with Gasteiger partial charge in [-0.3, -0.25) is 4.79 Å². The molecule has 3 heteroatoms. The van der Waals surface area contributed by atoms with Gasteiger partial charge in [0.1, 0.15) is 0 Å². The first-order valence-electron chi connectivity index (χ1n) is 6.91. The van der Waals surface area contributed by atoms with Gasteiger partial charge in [-0.05, 0) is 39.4 Å². The van der Waals surface area contributed by atoms with Gasteiger partial charge in [-0.2, -0.15) is 0 Å². The summed E-state index contributed by atoms with van der Waals surface area (Å²) in [6.07, 6.45) is 4.67. The van der Waals surface area contributed by atoms with Gasteiger partial charge in [0, 0.05) is 31.3 Å². The molecule has 0 aliphatic heterocycles. The van der Waals surface area contributed by atoms with Crippen molar-refractivity contribution >= 4 is 5.78 Å². The van der Waals surface area contributed by atoms with Gasteiger partial charge in [0.15, 0.2) is 5.78 Å². The average molecular weight is 238 g/mol. The van der Waals surface area contributed by atoms with E-state index in [1.54, 1.807) is 0 Å². The maximum Gasteiger partial charge on any atom is 0.157 e. The standard InChI is InChI=1S/C14H26N2O/c1-4-15(5-2)10-7-11-16(6-3)13-8-9-14(17)12-13/h12H,4-11H2,1-3H3. The van der Waals surface area contributed by atoms with Crippen molar-refractivity contribution in [3.05, 3.63) is 11.8 Å². The summed E-state index contributed by atoms with van der Waals surface area (Å²) in [5, 5.41) is 0. The van der Waals surface area contributed by atoms with Crippen LogP contribution < -0.4 is 0 Å². The van der Waals surface area contributed by atoms with Crippen molar-refractivity contribution in [2.24, 2.45) is 0 Å². The fourth-order valence-electron chi connectivity index (χ4n) is 2.36. The quantitative estimate of drug-likeness (QED) is 0.648. The summed E-state index contributed by atoms with van der Waals surface area (Å²) >= 11 is 0. The fourth-order valence-corrected chi connectivity index (χ4v) is 2.36. The summed E-state index contributed by atoms with van der Waals surface area (Å²) in [5.74, 6) is 0.294. The zero-order chi connectivity index (χ0) is 12.7. The van der Waals surface area contributed by atoms with Crippen LogP contribution in [0.2, 0.25) is 0 Å². The lowest BCUT2D eigenvalue weighted by Crippen LogP contribution is -2.29. The molecule has 98 valence electrons. The third-order valence-corrected chi connectivity index (χ3v) is 3.54. The van der Waals surface area contributed by atoms with Crippen molar-refractivity contribution in [1.82, 2.24) is 9.80 Å². The van der Waals surface area contributed by atoms with E-state index in [-0.39, 0.29) is 0 Å². The summed E-state index contributed by atoms with van der Waals surface area (Å²) in [6.45, 7) is 12.1. The largest absolute Gasteiger partial charge is 0.375 e. The minimum absolute atomic E-state index is 0.294. The van der Waals surface area contributed by atoms with Crippen molar-refractivity contribution in [2.75, 3.05) is 32.7 Å². The molecule has 0 spiro atoms. The Kier molecular flexibility index (Phi) is 6.27. The normalized spacial score (nSPS) is 15.5. The van der Waals surface area contributed by atoms with Crippen molar-refractivity contribution in [3.8, 4) is 0 Å². The van der Waals surface area contributed by atoms with E-state index in [0.717, 1.165) is 39.1 Å². The molecular weight excluding hydrogens is 212 g/mol. The number of carbonyl (C=O) groups is 1. The van der Waals surface area contributed by atoms with Gasteiger partial charge in [-0.25, -0.2) is 0 Å². The van der Waals surface area contributed by atoms with E-state index >= 15 is 0 Å². The van der Waals surface area contributed by atoms with Crippen LogP contribution in [0.25, 0.3) is 0 Å². The molecule has 17 heavy (non-hydrogen) atoms. The Hall–Kier alpha value is -0.830. The molecule has 3 nitrogen and oxygen atoms in total. The lowest BCUT2D eigenvalue weighted by molar-refractivity contribution is -0.114. The van der Waals surface area contributed by atoms with E-state index in [2.05, 4.69) is 30.6 Å². The first-order valence-corrected chi connectivity index (χ1v) is 6.91. The number of rotatable bonds is 8. The number of allylic oxidation sites excluding steroid dienone is 2. The highest BCUT2D eigenvalue weighted by Crippen LogP contribution is 2.19. The third kappa shape index (κ3) is 4.50. The number of hydrogen-bond acceptors (Lipinski definition) is 3. The molecule has 0 atom stereocenters. The van der Waals surface area contributed by atoms with Crippen LogP contribution in [-0.4, -0.2) is 48.3 Å². The van der Waals surface area contributed by atoms with Crippen LogP contribution in [-0.2, 0) is 4.79 Å². The molecule has 0 bridgehead atoms. The maximum atomic E-state index is 11.2. The zero-order valence-corrected chi connectivity index (χ0v) is 11.5. The van der Waals surface area contributed by atoms with E-state index in [0.29, 0.717) is 12.2 Å². The van der Waals surface area contributed by atoms with Crippen molar-refractivity contribution in [3.63, 3.8) is 0 Å². The molecule has 0 aromatic rings. The SMILES string of the molecule is CCN(CC)CCCN(CC)C1=CC(=O)CC1. The monoisotopic (exact) mass is 238 g/mol. The van der Waals surface area contributed by atoms with E-state index in [4.69, 9.17) is 0 Å². The molecule has 0 heterocycles. The molecule has 0 N–H and O–H groups in total.